The van der Waals surface area contributed by atoms with Gasteiger partial charge in [0, 0.05) is 18.1 Å². The van der Waals surface area contributed by atoms with Crippen molar-refractivity contribution >= 4 is 6.21 Å². The molecular weight excluding hydrogens is 112 g/mol. The first-order valence-electron chi connectivity index (χ1n) is 3.09. The molecule has 1 aliphatic heterocycles. The van der Waals surface area contributed by atoms with Crippen molar-refractivity contribution in [2.24, 2.45) is 4.99 Å². The molecule has 9 heavy (non-hydrogen) atoms. The number of rotatable bonds is 0. The number of hydrogen-bond donors (Lipinski definition) is 0. The Morgan fingerprint density at radius 2 is 2.56 bits per heavy atom. The van der Waals surface area contributed by atoms with Gasteiger partial charge in [-0.05, 0) is 12.1 Å². The lowest BCUT2D eigenvalue weighted by molar-refractivity contribution is 0.759. The van der Waals surface area contributed by atoms with E-state index < -0.39 is 0 Å². The van der Waals surface area contributed by atoms with Crippen molar-refractivity contribution in [3.05, 3.63) is 24.0 Å². The molecular formula is C7H8N2. The summed E-state index contributed by atoms with van der Waals surface area (Å²) in [7, 11) is 0. The van der Waals surface area contributed by atoms with Gasteiger partial charge in [0.05, 0.1) is 13.1 Å². The molecule has 1 aromatic heterocycles. The van der Waals surface area contributed by atoms with Crippen LogP contribution < -0.4 is 0 Å². The molecule has 0 fully saturated rings. The van der Waals surface area contributed by atoms with Gasteiger partial charge in [-0.3, -0.25) is 4.99 Å². The van der Waals surface area contributed by atoms with Crippen molar-refractivity contribution in [1.82, 2.24) is 4.57 Å². The summed E-state index contributed by atoms with van der Waals surface area (Å²) in [5.41, 5.74) is 1.32. The molecule has 2 nitrogen and oxygen atoms in total. The van der Waals surface area contributed by atoms with Gasteiger partial charge >= 0.3 is 0 Å². The average Bonchev–Trinajstić information content (AvgIpc) is 2.33. The van der Waals surface area contributed by atoms with Gasteiger partial charge < -0.3 is 4.57 Å². The third-order valence-corrected chi connectivity index (χ3v) is 1.58. The van der Waals surface area contributed by atoms with E-state index in [2.05, 4.69) is 27.9 Å². The van der Waals surface area contributed by atoms with Crippen LogP contribution in [0, 0.1) is 0 Å². The van der Waals surface area contributed by atoms with Gasteiger partial charge in [-0.25, -0.2) is 0 Å². The number of hydrogen-bond acceptors (Lipinski definition) is 1. The van der Waals surface area contributed by atoms with Gasteiger partial charge in [0.25, 0.3) is 0 Å². The van der Waals surface area contributed by atoms with Crippen molar-refractivity contribution in [3.8, 4) is 0 Å². The predicted molar refractivity (Wildman–Crippen MR) is 36.6 cm³/mol. The Balaban J connectivity index is 2.46. The molecule has 0 radical (unpaired) electrons. The Morgan fingerprint density at radius 1 is 1.56 bits per heavy atom. The Morgan fingerprint density at radius 3 is 3.44 bits per heavy atom. The maximum absolute atomic E-state index is 4.14. The van der Waals surface area contributed by atoms with Crippen LogP contribution >= 0.6 is 0 Å². The normalized spacial score (nSPS) is 15.6. The summed E-state index contributed by atoms with van der Waals surface area (Å²) in [5.74, 6) is 0. The minimum absolute atomic E-state index is 0.854. The molecule has 0 bridgehead atoms. The number of aliphatic imine (C=N–C) groups is 1. The second-order valence-electron chi connectivity index (χ2n) is 2.18. The van der Waals surface area contributed by atoms with E-state index in [1.807, 2.05) is 6.21 Å². The molecule has 0 aromatic carbocycles. The Labute approximate surface area is 53.8 Å². The second kappa shape index (κ2) is 1.72. The van der Waals surface area contributed by atoms with E-state index >= 15 is 0 Å². The largest absolute Gasteiger partial charge is 0.344 e. The van der Waals surface area contributed by atoms with E-state index in [0.717, 1.165) is 13.1 Å². The van der Waals surface area contributed by atoms with Gasteiger partial charge in [0.15, 0.2) is 0 Å². The molecule has 2 heterocycles. The first kappa shape index (κ1) is 4.79. The highest BCUT2D eigenvalue weighted by molar-refractivity contribution is 5.58. The third kappa shape index (κ3) is 0.669. The highest BCUT2D eigenvalue weighted by Crippen LogP contribution is 2.05. The predicted octanol–water partition coefficient (Wildman–Crippen LogP) is 1.07. The quantitative estimate of drug-likeness (QED) is 0.487. The molecule has 0 saturated heterocycles. The summed E-state index contributed by atoms with van der Waals surface area (Å²) >= 11 is 0. The zero-order chi connectivity index (χ0) is 6.10. The second-order valence-corrected chi connectivity index (χ2v) is 2.18. The fourth-order valence-electron chi connectivity index (χ4n) is 1.07. The third-order valence-electron chi connectivity index (χ3n) is 1.58. The fourth-order valence-corrected chi connectivity index (χ4v) is 1.07. The van der Waals surface area contributed by atoms with Crippen molar-refractivity contribution in [2.45, 2.75) is 13.1 Å². The monoisotopic (exact) mass is 120 g/mol. The summed E-state index contributed by atoms with van der Waals surface area (Å²) in [6, 6.07) is 4.17. The molecule has 0 unspecified atom stereocenters. The van der Waals surface area contributed by atoms with E-state index in [-0.39, 0.29) is 0 Å². The zero-order valence-corrected chi connectivity index (χ0v) is 5.12. The van der Waals surface area contributed by atoms with Gasteiger partial charge in [0.1, 0.15) is 0 Å². The van der Waals surface area contributed by atoms with E-state index in [9.17, 15) is 0 Å². The van der Waals surface area contributed by atoms with Crippen LogP contribution in [-0.4, -0.2) is 10.8 Å². The van der Waals surface area contributed by atoms with E-state index in [0.29, 0.717) is 0 Å². The SMILES string of the molecule is C1=NCc2cccn2C1. The van der Waals surface area contributed by atoms with Crippen LogP contribution in [0.1, 0.15) is 5.69 Å². The smallest absolute Gasteiger partial charge is 0.0788 e. The molecule has 2 heteroatoms. The summed E-state index contributed by atoms with van der Waals surface area (Å²) in [6.07, 6.45) is 4.04. The van der Waals surface area contributed by atoms with Gasteiger partial charge in [-0.2, -0.15) is 0 Å². The lowest BCUT2D eigenvalue weighted by atomic mass is 10.4. The minimum atomic E-state index is 0.854. The fraction of sp³-hybridized carbons (Fsp3) is 0.286. The summed E-state index contributed by atoms with van der Waals surface area (Å²) in [6.45, 7) is 1.80. The van der Waals surface area contributed by atoms with E-state index in [1.165, 1.54) is 5.69 Å². The molecule has 1 aromatic rings. The maximum Gasteiger partial charge on any atom is 0.0788 e. The lowest BCUT2D eigenvalue weighted by Gasteiger charge is -2.07. The molecule has 0 saturated carbocycles. The number of fused-ring (bicyclic) bond motifs is 1. The average molecular weight is 120 g/mol. The molecule has 0 amide bonds. The van der Waals surface area contributed by atoms with Crippen LogP contribution in [-0.2, 0) is 13.1 Å². The van der Waals surface area contributed by atoms with Crippen molar-refractivity contribution < 1.29 is 0 Å². The zero-order valence-electron chi connectivity index (χ0n) is 5.12. The van der Waals surface area contributed by atoms with Crippen LogP contribution in [0.3, 0.4) is 0 Å². The Hall–Kier alpha value is -1.05. The summed E-state index contributed by atoms with van der Waals surface area (Å²) in [5, 5.41) is 0. The van der Waals surface area contributed by atoms with Gasteiger partial charge in [-0.1, -0.05) is 0 Å². The molecule has 0 atom stereocenters. The topological polar surface area (TPSA) is 17.3 Å². The van der Waals surface area contributed by atoms with Crippen LogP contribution in [0.15, 0.2) is 23.3 Å². The first-order chi connectivity index (χ1) is 4.47. The number of aromatic nitrogens is 1. The molecule has 2 rings (SSSR count). The van der Waals surface area contributed by atoms with Gasteiger partial charge in [-0.15, -0.1) is 0 Å². The molecule has 0 N–H and O–H groups in total. The van der Waals surface area contributed by atoms with E-state index in [1.54, 1.807) is 0 Å². The first-order valence-corrected chi connectivity index (χ1v) is 3.09. The molecule has 1 aliphatic rings. The highest BCUT2D eigenvalue weighted by atomic mass is 15.0. The standard InChI is InChI=1S/C7H8N2/c1-2-7-6-8-3-5-9(7)4-1/h1-4H,5-6H2. The molecule has 0 aliphatic carbocycles. The van der Waals surface area contributed by atoms with Crippen LogP contribution in [0.2, 0.25) is 0 Å². The summed E-state index contributed by atoms with van der Waals surface area (Å²) < 4.78 is 2.20. The van der Waals surface area contributed by atoms with Crippen LogP contribution in [0.25, 0.3) is 0 Å². The Kier molecular flexibility index (Phi) is 0.918. The lowest BCUT2D eigenvalue weighted by Crippen LogP contribution is -2.06. The van der Waals surface area contributed by atoms with Crippen molar-refractivity contribution in [3.63, 3.8) is 0 Å². The van der Waals surface area contributed by atoms with E-state index in [4.69, 9.17) is 0 Å². The maximum atomic E-state index is 4.14. The number of nitrogens with zero attached hydrogens (tertiary/aromatic N) is 2. The minimum Gasteiger partial charge on any atom is -0.344 e. The van der Waals surface area contributed by atoms with Crippen LogP contribution in [0.4, 0.5) is 0 Å². The molecule has 0 spiro atoms. The van der Waals surface area contributed by atoms with Crippen molar-refractivity contribution in [2.75, 3.05) is 0 Å². The Bertz CT molecular complexity index is 212. The molecule has 46 valence electrons. The summed E-state index contributed by atoms with van der Waals surface area (Å²) in [4.78, 5) is 4.14. The van der Waals surface area contributed by atoms with Crippen molar-refractivity contribution in [1.29, 1.82) is 0 Å². The highest BCUT2D eigenvalue weighted by Gasteiger charge is 2.00. The van der Waals surface area contributed by atoms with Crippen LogP contribution in [0.5, 0.6) is 0 Å². The van der Waals surface area contributed by atoms with Gasteiger partial charge in [0.2, 0.25) is 0 Å².